The van der Waals surface area contributed by atoms with E-state index in [1.165, 1.54) is 11.1 Å². The molecule has 116 valence electrons. The van der Waals surface area contributed by atoms with E-state index in [2.05, 4.69) is 56.8 Å². The van der Waals surface area contributed by atoms with Crippen LogP contribution in [0.1, 0.15) is 16.8 Å². The molecule has 0 unspecified atom stereocenters. The highest BCUT2D eigenvalue weighted by molar-refractivity contribution is 5.40. The minimum absolute atomic E-state index is 0.588. The van der Waals surface area contributed by atoms with Crippen LogP contribution in [0, 0.1) is 6.92 Å². The number of hydrogen-bond acceptors (Lipinski definition) is 5. The van der Waals surface area contributed by atoms with Gasteiger partial charge in [-0.25, -0.2) is 4.98 Å². The van der Waals surface area contributed by atoms with Gasteiger partial charge in [-0.2, -0.15) is 4.98 Å². The summed E-state index contributed by atoms with van der Waals surface area (Å²) in [6.07, 6.45) is 3.52. The van der Waals surface area contributed by atoms with Gasteiger partial charge < -0.3 is 10.6 Å². The van der Waals surface area contributed by atoms with Crippen LogP contribution in [0.5, 0.6) is 0 Å². The van der Waals surface area contributed by atoms with Crippen LogP contribution in [0.15, 0.2) is 60.9 Å². The van der Waals surface area contributed by atoms with Gasteiger partial charge >= 0.3 is 0 Å². The van der Waals surface area contributed by atoms with Crippen molar-refractivity contribution in [3.63, 3.8) is 0 Å². The summed E-state index contributed by atoms with van der Waals surface area (Å²) in [6.45, 7) is 3.42. The summed E-state index contributed by atoms with van der Waals surface area (Å²) in [5, 5.41) is 6.49. The van der Waals surface area contributed by atoms with Crippen LogP contribution in [-0.4, -0.2) is 15.0 Å². The van der Waals surface area contributed by atoms with Crippen molar-refractivity contribution < 1.29 is 0 Å². The first-order valence-electron chi connectivity index (χ1n) is 7.56. The predicted octanol–water partition coefficient (Wildman–Crippen LogP) is 3.40. The first-order valence-corrected chi connectivity index (χ1v) is 7.56. The van der Waals surface area contributed by atoms with E-state index in [1.807, 2.05) is 24.3 Å². The summed E-state index contributed by atoms with van der Waals surface area (Å²) in [5.41, 5.74) is 3.43. The monoisotopic (exact) mass is 305 g/mol. The van der Waals surface area contributed by atoms with Crippen molar-refractivity contribution in [3.05, 3.63) is 77.7 Å². The van der Waals surface area contributed by atoms with E-state index in [9.17, 15) is 0 Å². The molecule has 0 saturated carbocycles. The smallest absolute Gasteiger partial charge is 0.224 e. The predicted molar refractivity (Wildman–Crippen MR) is 92.1 cm³/mol. The number of aromatic nitrogens is 3. The fourth-order valence-corrected chi connectivity index (χ4v) is 2.11. The zero-order valence-corrected chi connectivity index (χ0v) is 13.0. The second kappa shape index (κ2) is 7.35. The number of aryl methyl sites for hydroxylation is 1. The normalized spacial score (nSPS) is 10.3. The first-order chi connectivity index (χ1) is 11.3. The zero-order valence-electron chi connectivity index (χ0n) is 13.0. The molecule has 1 aromatic carbocycles. The quantitative estimate of drug-likeness (QED) is 0.731. The van der Waals surface area contributed by atoms with Gasteiger partial charge in [0.15, 0.2) is 0 Å². The number of benzene rings is 1. The Morgan fingerprint density at radius 3 is 2.48 bits per heavy atom. The van der Waals surface area contributed by atoms with E-state index in [-0.39, 0.29) is 0 Å². The van der Waals surface area contributed by atoms with Crippen LogP contribution in [0.2, 0.25) is 0 Å². The number of nitrogens with zero attached hydrogens (tertiary/aromatic N) is 3. The largest absolute Gasteiger partial charge is 0.366 e. The van der Waals surface area contributed by atoms with Crippen LogP contribution >= 0.6 is 0 Å². The number of anilines is 2. The van der Waals surface area contributed by atoms with Gasteiger partial charge in [0.25, 0.3) is 0 Å². The van der Waals surface area contributed by atoms with Gasteiger partial charge in [-0.3, -0.25) is 4.98 Å². The summed E-state index contributed by atoms with van der Waals surface area (Å²) in [5.74, 6) is 1.38. The van der Waals surface area contributed by atoms with E-state index < -0.39 is 0 Å². The lowest BCUT2D eigenvalue weighted by atomic mass is 10.1. The molecule has 0 bridgehead atoms. The van der Waals surface area contributed by atoms with E-state index in [1.54, 1.807) is 12.4 Å². The number of nitrogens with one attached hydrogen (secondary N) is 2. The summed E-state index contributed by atoms with van der Waals surface area (Å²) in [7, 11) is 0. The van der Waals surface area contributed by atoms with Crippen molar-refractivity contribution in [1.82, 2.24) is 15.0 Å². The molecule has 0 radical (unpaired) electrons. The molecular weight excluding hydrogens is 286 g/mol. The second-order valence-corrected chi connectivity index (χ2v) is 5.28. The van der Waals surface area contributed by atoms with Gasteiger partial charge in [-0.1, -0.05) is 35.9 Å². The highest BCUT2D eigenvalue weighted by Gasteiger charge is 2.00. The van der Waals surface area contributed by atoms with Gasteiger partial charge in [-0.05, 0) is 30.7 Å². The highest BCUT2D eigenvalue weighted by atomic mass is 15.1. The minimum Gasteiger partial charge on any atom is -0.366 e. The van der Waals surface area contributed by atoms with Crippen molar-refractivity contribution in [1.29, 1.82) is 0 Å². The molecule has 0 fully saturated rings. The summed E-state index contributed by atoms with van der Waals surface area (Å²) < 4.78 is 0. The van der Waals surface area contributed by atoms with Gasteiger partial charge in [0.05, 0.1) is 12.2 Å². The maximum atomic E-state index is 4.46. The molecule has 3 aromatic rings. The highest BCUT2D eigenvalue weighted by Crippen LogP contribution is 2.10. The minimum atomic E-state index is 0.588. The third-order valence-electron chi connectivity index (χ3n) is 3.40. The second-order valence-electron chi connectivity index (χ2n) is 5.28. The van der Waals surface area contributed by atoms with Crippen molar-refractivity contribution >= 4 is 11.8 Å². The zero-order chi connectivity index (χ0) is 15.9. The Hall–Kier alpha value is -2.95. The Morgan fingerprint density at radius 1 is 0.826 bits per heavy atom. The molecule has 3 rings (SSSR count). The third-order valence-corrected chi connectivity index (χ3v) is 3.40. The SMILES string of the molecule is Cc1ccc(CNc2ccnc(NCc3ccccn3)n2)cc1. The topological polar surface area (TPSA) is 62.7 Å². The lowest BCUT2D eigenvalue weighted by Gasteiger charge is -2.08. The molecule has 0 atom stereocenters. The van der Waals surface area contributed by atoms with Crippen molar-refractivity contribution in [2.24, 2.45) is 0 Å². The number of rotatable bonds is 6. The van der Waals surface area contributed by atoms with Crippen LogP contribution in [0.3, 0.4) is 0 Å². The van der Waals surface area contributed by atoms with Crippen LogP contribution in [-0.2, 0) is 13.1 Å². The Bertz CT molecular complexity index is 741. The third kappa shape index (κ3) is 4.51. The molecule has 2 N–H and O–H groups in total. The Kier molecular flexibility index (Phi) is 4.79. The lowest BCUT2D eigenvalue weighted by Crippen LogP contribution is -2.07. The molecule has 2 heterocycles. The summed E-state index contributed by atoms with van der Waals surface area (Å²) >= 11 is 0. The van der Waals surface area contributed by atoms with Crippen molar-refractivity contribution in [2.75, 3.05) is 10.6 Å². The van der Waals surface area contributed by atoms with E-state index in [0.717, 1.165) is 18.1 Å². The molecule has 5 heteroatoms. The Labute approximate surface area is 135 Å². The molecule has 0 aliphatic rings. The maximum Gasteiger partial charge on any atom is 0.224 e. The fraction of sp³-hybridized carbons (Fsp3) is 0.167. The van der Waals surface area contributed by atoms with Gasteiger partial charge in [0, 0.05) is 18.9 Å². The maximum absolute atomic E-state index is 4.46. The lowest BCUT2D eigenvalue weighted by molar-refractivity contribution is 0.995. The van der Waals surface area contributed by atoms with Crippen molar-refractivity contribution in [2.45, 2.75) is 20.0 Å². The van der Waals surface area contributed by atoms with Crippen LogP contribution in [0.25, 0.3) is 0 Å². The van der Waals surface area contributed by atoms with Gasteiger partial charge in [0.2, 0.25) is 5.95 Å². The summed E-state index contributed by atoms with van der Waals surface area (Å²) in [4.78, 5) is 13.0. The van der Waals surface area contributed by atoms with E-state index >= 15 is 0 Å². The number of pyridine rings is 1. The Morgan fingerprint density at radius 2 is 1.70 bits per heavy atom. The molecule has 0 spiro atoms. The number of hydrogen-bond donors (Lipinski definition) is 2. The standard InChI is InChI=1S/C18H19N5/c1-14-5-7-15(8-6-14)12-21-17-9-11-20-18(23-17)22-13-16-4-2-3-10-19-16/h2-11H,12-13H2,1H3,(H2,20,21,22,23). The summed E-state index contributed by atoms with van der Waals surface area (Å²) in [6, 6.07) is 16.1. The molecule has 0 aliphatic heterocycles. The molecule has 0 aliphatic carbocycles. The molecule has 23 heavy (non-hydrogen) atoms. The van der Waals surface area contributed by atoms with Crippen LogP contribution in [0.4, 0.5) is 11.8 Å². The molecule has 0 saturated heterocycles. The van der Waals surface area contributed by atoms with Crippen LogP contribution < -0.4 is 10.6 Å². The van der Waals surface area contributed by atoms with E-state index in [4.69, 9.17) is 0 Å². The molecule has 2 aromatic heterocycles. The fourth-order valence-electron chi connectivity index (χ4n) is 2.11. The van der Waals surface area contributed by atoms with Gasteiger partial charge in [0.1, 0.15) is 5.82 Å². The van der Waals surface area contributed by atoms with Crippen molar-refractivity contribution in [3.8, 4) is 0 Å². The molecule has 0 amide bonds. The molecule has 5 nitrogen and oxygen atoms in total. The average Bonchev–Trinajstić information content (AvgIpc) is 2.61. The van der Waals surface area contributed by atoms with Gasteiger partial charge in [-0.15, -0.1) is 0 Å². The van der Waals surface area contributed by atoms with E-state index in [0.29, 0.717) is 12.5 Å². The Balaban J connectivity index is 1.57. The average molecular weight is 305 g/mol. The molecular formula is C18H19N5. The first kappa shape index (κ1) is 15.0.